The van der Waals surface area contributed by atoms with Crippen molar-refractivity contribution in [3.8, 4) is 0 Å². The molecule has 0 spiro atoms. The Kier molecular flexibility index (Phi) is 3.36. The molecule has 0 saturated heterocycles. The highest BCUT2D eigenvalue weighted by Gasteiger charge is 2.20. The van der Waals surface area contributed by atoms with E-state index in [0.29, 0.717) is 13.0 Å². The molecule has 0 unspecified atom stereocenters. The average molecular weight is 156 g/mol. The fourth-order valence-corrected chi connectivity index (χ4v) is 1.04. The molecule has 0 aromatic carbocycles. The zero-order chi connectivity index (χ0) is 8.10. The van der Waals surface area contributed by atoms with Gasteiger partial charge in [-0.3, -0.25) is 4.79 Å². The Hall–Kier alpha value is -0.570. The third kappa shape index (κ3) is 3.98. The average Bonchev–Trinajstić information content (AvgIpc) is 2.72. The predicted molar refractivity (Wildman–Crippen MR) is 44.0 cm³/mol. The molecule has 1 rings (SSSR count). The van der Waals surface area contributed by atoms with Crippen molar-refractivity contribution in [2.45, 2.75) is 25.7 Å². The third-order valence-corrected chi connectivity index (χ3v) is 1.94. The van der Waals surface area contributed by atoms with Crippen LogP contribution in [0.4, 0.5) is 0 Å². The van der Waals surface area contributed by atoms with Gasteiger partial charge in [-0.1, -0.05) is 12.8 Å². The maximum Gasteiger partial charge on any atom is 0.221 e. The summed E-state index contributed by atoms with van der Waals surface area (Å²) in [6.45, 7) is 1.29. The molecule has 1 amide bonds. The van der Waals surface area contributed by atoms with Gasteiger partial charge in [0.05, 0.1) is 0 Å². The summed E-state index contributed by atoms with van der Waals surface area (Å²) in [4.78, 5) is 10.9. The highest BCUT2D eigenvalue weighted by Crippen LogP contribution is 2.31. The second kappa shape index (κ2) is 4.34. The van der Waals surface area contributed by atoms with Crippen molar-refractivity contribution in [3.05, 3.63) is 0 Å². The van der Waals surface area contributed by atoms with Crippen molar-refractivity contribution in [1.29, 1.82) is 0 Å². The van der Waals surface area contributed by atoms with Crippen LogP contribution in [0.5, 0.6) is 0 Å². The van der Waals surface area contributed by atoms with Gasteiger partial charge in [0.2, 0.25) is 5.91 Å². The number of carbonyl (C=O) groups is 1. The number of nitrogens with one attached hydrogen (secondary N) is 1. The molecule has 0 aromatic heterocycles. The normalized spacial score (nSPS) is 16.5. The van der Waals surface area contributed by atoms with Crippen LogP contribution in [-0.4, -0.2) is 19.0 Å². The topological polar surface area (TPSA) is 55.1 Å². The molecule has 1 aliphatic rings. The molecule has 0 aromatic rings. The standard InChI is InChI=1S/C8H16N2O/c9-5-3-8(11)10-6-4-7-1-2-7/h7H,1-6,9H2,(H,10,11). The first-order valence-electron chi connectivity index (χ1n) is 4.29. The highest BCUT2D eigenvalue weighted by atomic mass is 16.1. The van der Waals surface area contributed by atoms with Gasteiger partial charge in [-0.25, -0.2) is 0 Å². The van der Waals surface area contributed by atoms with Crippen molar-refractivity contribution in [2.75, 3.05) is 13.1 Å². The van der Waals surface area contributed by atoms with Gasteiger partial charge in [0.25, 0.3) is 0 Å². The maximum atomic E-state index is 10.9. The van der Waals surface area contributed by atoms with E-state index in [0.717, 1.165) is 18.9 Å². The molecule has 1 aliphatic carbocycles. The summed E-state index contributed by atoms with van der Waals surface area (Å²) in [7, 11) is 0. The van der Waals surface area contributed by atoms with Gasteiger partial charge in [0.1, 0.15) is 0 Å². The summed E-state index contributed by atoms with van der Waals surface area (Å²) in [5.74, 6) is 0.987. The Morgan fingerprint density at radius 1 is 1.55 bits per heavy atom. The van der Waals surface area contributed by atoms with E-state index in [-0.39, 0.29) is 5.91 Å². The number of nitrogens with two attached hydrogens (primary N) is 1. The van der Waals surface area contributed by atoms with E-state index >= 15 is 0 Å². The molecular formula is C8H16N2O. The van der Waals surface area contributed by atoms with Crippen LogP contribution in [0, 0.1) is 5.92 Å². The van der Waals surface area contributed by atoms with Gasteiger partial charge in [-0.15, -0.1) is 0 Å². The summed E-state index contributed by atoms with van der Waals surface area (Å²) in [6.07, 6.45) is 4.32. The van der Waals surface area contributed by atoms with Crippen LogP contribution in [0.2, 0.25) is 0 Å². The van der Waals surface area contributed by atoms with Crippen molar-refractivity contribution in [1.82, 2.24) is 5.32 Å². The minimum Gasteiger partial charge on any atom is -0.356 e. The number of hydrogen-bond donors (Lipinski definition) is 2. The minimum absolute atomic E-state index is 0.0909. The molecular weight excluding hydrogens is 140 g/mol. The Morgan fingerprint density at radius 2 is 2.27 bits per heavy atom. The fourth-order valence-electron chi connectivity index (χ4n) is 1.04. The Labute approximate surface area is 67.3 Å². The van der Waals surface area contributed by atoms with E-state index in [9.17, 15) is 4.79 Å². The van der Waals surface area contributed by atoms with Crippen molar-refractivity contribution in [2.24, 2.45) is 11.7 Å². The second-order valence-electron chi connectivity index (χ2n) is 3.12. The van der Waals surface area contributed by atoms with Gasteiger partial charge in [0.15, 0.2) is 0 Å². The van der Waals surface area contributed by atoms with Crippen LogP contribution >= 0.6 is 0 Å². The van der Waals surface area contributed by atoms with Crippen LogP contribution in [0.25, 0.3) is 0 Å². The van der Waals surface area contributed by atoms with E-state index in [1.54, 1.807) is 0 Å². The van der Waals surface area contributed by atoms with Crippen LogP contribution in [-0.2, 0) is 4.79 Å². The summed E-state index contributed by atoms with van der Waals surface area (Å²) in [6, 6.07) is 0. The molecule has 0 atom stereocenters. The molecule has 0 heterocycles. The third-order valence-electron chi connectivity index (χ3n) is 1.94. The van der Waals surface area contributed by atoms with Gasteiger partial charge in [-0.2, -0.15) is 0 Å². The van der Waals surface area contributed by atoms with E-state index in [4.69, 9.17) is 5.73 Å². The Bertz CT molecular complexity index is 132. The number of carbonyl (C=O) groups excluding carboxylic acids is 1. The molecule has 0 aliphatic heterocycles. The lowest BCUT2D eigenvalue weighted by Gasteiger charge is -2.01. The van der Waals surface area contributed by atoms with Crippen molar-refractivity contribution >= 4 is 5.91 Å². The second-order valence-corrected chi connectivity index (χ2v) is 3.12. The first-order chi connectivity index (χ1) is 5.33. The molecule has 64 valence electrons. The van der Waals surface area contributed by atoms with Gasteiger partial charge >= 0.3 is 0 Å². The zero-order valence-corrected chi connectivity index (χ0v) is 6.81. The smallest absolute Gasteiger partial charge is 0.221 e. The van der Waals surface area contributed by atoms with Gasteiger partial charge in [0, 0.05) is 19.5 Å². The zero-order valence-electron chi connectivity index (χ0n) is 6.81. The van der Waals surface area contributed by atoms with E-state index in [1.165, 1.54) is 12.8 Å². The lowest BCUT2D eigenvalue weighted by atomic mass is 10.3. The minimum atomic E-state index is 0.0909. The first kappa shape index (κ1) is 8.53. The SMILES string of the molecule is NCCC(=O)NCCC1CC1. The van der Waals surface area contributed by atoms with Crippen LogP contribution < -0.4 is 11.1 Å². The van der Waals surface area contributed by atoms with E-state index < -0.39 is 0 Å². The van der Waals surface area contributed by atoms with Crippen molar-refractivity contribution < 1.29 is 4.79 Å². The van der Waals surface area contributed by atoms with Gasteiger partial charge in [-0.05, 0) is 12.3 Å². The first-order valence-corrected chi connectivity index (χ1v) is 4.29. The maximum absolute atomic E-state index is 10.9. The summed E-state index contributed by atoms with van der Waals surface area (Å²) < 4.78 is 0. The Morgan fingerprint density at radius 3 is 2.82 bits per heavy atom. The van der Waals surface area contributed by atoms with Gasteiger partial charge < -0.3 is 11.1 Å². The summed E-state index contributed by atoms with van der Waals surface area (Å²) >= 11 is 0. The molecule has 0 radical (unpaired) electrons. The quantitative estimate of drug-likeness (QED) is 0.599. The van der Waals surface area contributed by atoms with Crippen LogP contribution in [0.15, 0.2) is 0 Å². The highest BCUT2D eigenvalue weighted by molar-refractivity contribution is 5.75. The number of amides is 1. The number of hydrogen-bond acceptors (Lipinski definition) is 2. The number of rotatable bonds is 5. The molecule has 1 fully saturated rings. The summed E-state index contributed by atoms with van der Waals surface area (Å²) in [5, 5.41) is 2.84. The van der Waals surface area contributed by atoms with E-state index in [2.05, 4.69) is 5.32 Å². The fraction of sp³-hybridized carbons (Fsp3) is 0.875. The molecule has 1 saturated carbocycles. The summed E-state index contributed by atoms with van der Waals surface area (Å²) in [5.41, 5.74) is 5.21. The largest absolute Gasteiger partial charge is 0.356 e. The van der Waals surface area contributed by atoms with E-state index in [1.807, 2.05) is 0 Å². The van der Waals surface area contributed by atoms with Crippen LogP contribution in [0.1, 0.15) is 25.7 Å². The molecule has 3 heteroatoms. The lowest BCUT2D eigenvalue weighted by Crippen LogP contribution is -2.26. The predicted octanol–water partition coefficient (Wildman–Crippen LogP) is 0.251. The lowest BCUT2D eigenvalue weighted by molar-refractivity contribution is -0.120. The Balaban J connectivity index is 1.88. The monoisotopic (exact) mass is 156 g/mol. The molecule has 3 N–H and O–H groups in total. The molecule has 3 nitrogen and oxygen atoms in total. The van der Waals surface area contributed by atoms with Crippen LogP contribution in [0.3, 0.4) is 0 Å². The molecule has 0 bridgehead atoms. The van der Waals surface area contributed by atoms with Crippen molar-refractivity contribution in [3.63, 3.8) is 0 Å². The molecule has 11 heavy (non-hydrogen) atoms.